The number of aromatic nitrogens is 1. The molecule has 1 aliphatic rings. The van der Waals surface area contributed by atoms with Gasteiger partial charge in [0.15, 0.2) is 5.78 Å². The highest BCUT2D eigenvalue weighted by molar-refractivity contribution is 7.07. The van der Waals surface area contributed by atoms with Crippen LogP contribution in [0.25, 0.3) is 12.2 Å². The number of hydrogen-bond donors (Lipinski definition) is 3. The molecule has 4 N–H and O–H groups in total. The van der Waals surface area contributed by atoms with Gasteiger partial charge in [0.2, 0.25) is 0 Å². The van der Waals surface area contributed by atoms with Gasteiger partial charge in [-0.2, -0.15) is 0 Å². The molecule has 1 aromatic heterocycles. The van der Waals surface area contributed by atoms with E-state index in [0.717, 1.165) is 23.3 Å². The Balaban J connectivity index is 1.92. The zero-order valence-electron chi connectivity index (χ0n) is 17.4. The number of aromatic amines is 1. The van der Waals surface area contributed by atoms with Gasteiger partial charge in [-0.15, -0.1) is 11.3 Å². The first-order valence-electron chi connectivity index (χ1n) is 9.71. The molecule has 31 heavy (non-hydrogen) atoms. The van der Waals surface area contributed by atoms with Crippen LogP contribution >= 0.6 is 11.3 Å². The van der Waals surface area contributed by atoms with Crippen molar-refractivity contribution in [2.75, 3.05) is 31.2 Å². The van der Waals surface area contributed by atoms with Crippen molar-refractivity contribution in [3.63, 3.8) is 0 Å². The van der Waals surface area contributed by atoms with Crippen molar-refractivity contribution in [3.05, 3.63) is 43.3 Å². The van der Waals surface area contributed by atoms with Crippen LogP contribution < -0.4 is 30.1 Å². The Kier molecular flexibility index (Phi) is 7.03. The number of aliphatic imine (C=N–C) groups is 2. The van der Waals surface area contributed by atoms with E-state index in [0.29, 0.717) is 28.9 Å². The van der Waals surface area contributed by atoms with Gasteiger partial charge >= 0.3 is 0 Å². The minimum atomic E-state index is -1.04. The van der Waals surface area contributed by atoms with Crippen molar-refractivity contribution in [3.8, 4) is 5.75 Å². The number of nitrogens with zero attached hydrogens (tertiary/aromatic N) is 3. The molecule has 0 unspecified atom stereocenters. The van der Waals surface area contributed by atoms with E-state index < -0.39 is 5.54 Å². The van der Waals surface area contributed by atoms with E-state index in [1.54, 1.807) is 19.9 Å². The average molecular weight is 444 g/mol. The summed E-state index contributed by atoms with van der Waals surface area (Å²) in [6, 6.07) is 5.64. The minimum absolute atomic E-state index is 0.0458. The van der Waals surface area contributed by atoms with E-state index in [4.69, 9.17) is 10.5 Å². The molecule has 0 atom stereocenters. The largest absolute Gasteiger partial charge is 0.490 e. The smallest absolute Gasteiger partial charge is 0.266 e. The molecule has 164 valence electrons. The van der Waals surface area contributed by atoms with E-state index in [1.807, 2.05) is 23.1 Å². The molecule has 3 rings (SSSR count). The van der Waals surface area contributed by atoms with Gasteiger partial charge in [-0.25, -0.2) is 4.99 Å². The first-order chi connectivity index (χ1) is 14.8. The highest BCUT2D eigenvalue weighted by atomic mass is 32.1. The van der Waals surface area contributed by atoms with Crippen LogP contribution in [0.15, 0.2) is 33.0 Å². The zero-order valence-corrected chi connectivity index (χ0v) is 18.2. The van der Waals surface area contributed by atoms with Gasteiger partial charge in [0.25, 0.3) is 5.56 Å². The van der Waals surface area contributed by atoms with E-state index in [1.165, 1.54) is 23.8 Å². The molecular weight excluding hydrogens is 418 g/mol. The predicted octanol–water partition coefficient (Wildman–Crippen LogP) is -0.400. The van der Waals surface area contributed by atoms with Crippen molar-refractivity contribution in [2.24, 2.45) is 15.7 Å². The lowest BCUT2D eigenvalue weighted by atomic mass is 10.0. The Labute approximate surface area is 182 Å². The predicted molar refractivity (Wildman–Crippen MR) is 124 cm³/mol. The third kappa shape index (κ3) is 5.47. The molecule has 1 aromatic carbocycles. The number of rotatable bonds is 7. The number of carbonyl (C=O) groups is 1. The molecule has 0 aliphatic carbocycles. The summed E-state index contributed by atoms with van der Waals surface area (Å²) in [6.07, 6.45) is 5.44. The number of thiazole rings is 1. The van der Waals surface area contributed by atoms with E-state index in [2.05, 4.69) is 15.0 Å². The zero-order chi connectivity index (χ0) is 22.4. The van der Waals surface area contributed by atoms with Gasteiger partial charge in [0.05, 0.1) is 34.4 Å². The van der Waals surface area contributed by atoms with E-state index in [-0.39, 0.29) is 17.9 Å². The van der Waals surface area contributed by atoms with Crippen LogP contribution in [0.2, 0.25) is 0 Å². The third-order valence-electron chi connectivity index (χ3n) is 4.69. The second-order valence-corrected chi connectivity index (χ2v) is 8.41. The molecule has 0 amide bonds. The Morgan fingerprint density at radius 2 is 2.26 bits per heavy atom. The molecule has 2 aromatic rings. The molecule has 0 saturated carbocycles. The number of hydrogen-bond acceptors (Lipinski definition) is 7. The average Bonchev–Trinajstić information content (AvgIpc) is 3.07. The molecular formula is C21H25N5O4S. The maximum Gasteiger partial charge on any atom is 0.266 e. The molecule has 1 aliphatic heterocycles. The molecule has 2 heterocycles. The van der Waals surface area contributed by atoms with E-state index in [9.17, 15) is 14.7 Å². The topological polar surface area (TPSA) is 133 Å². The van der Waals surface area contributed by atoms with Crippen LogP contribution in [0, 0.1) is 0 Å². The van der Waals surface area contributed by atoms with Gasteiger partial charge in [0, 0.05) is 12.6 Å². The highest BCUT2D eigenvalue weighted by Crippen LogP contribution is 2.32. The van der Waals surface area contributed by atoms with Crippen molar-refractivity contribution in [1.82, 2.24) is 4.98 Å². The number of aliphatic hydroxyl groups is 1. The normalized spacial score (nSPS) is 15.6. The number of nitrogens with one attached hydrogen (secondary N) is 1. The highest BCUT2D eigenvalue weighted by Gasteiger charge is 2.24. The summed E-state index contributed by atoms with van der Waals surface area (Å²) in [5, 5.41) is 9.29. The third-order valence-corrected chi connectivity index (χ3v) is 5.65. The van der Waals surface area contributed by atoms with Crippen molar-refractivity contribution < 1.29 is 14.6 Å². The summed E-state index contributed by atoms with van der Waals surface area (Å²) in [5.74, 6) is 0.476. The summed E-state index contributed by atoms with van der Waals surface area (Å²) in [4.78, 5) is 37.5. The number of ketones is 1. The lowest BCUT2D eigenvalue weighted by Gasteiger charge is -2.30. The molecule has 0 radical (unpaired) electrons. The van der Waals surface area contributed by atoms with Gasteiger partial charge in [-0.1, -0.05) is 6.07 Å². The molecule has 0 fully saturated rings. The fraction of sp³-hybridized carbons (Fsp3) is 0.333. The van der Waals surface area contributed by atoms with Crippen molar-refractivity contribution in [1.29, 1.82) is 0 Å². The lowest BCUT2D eigenvalue weighted by molar-refractivity contribution is -0.116. The van der Waals surface area contributed by atoms with Crippen molar-refractivity contribution in [2.45, 2.75) is 19.4 Å². The van der Waals surface area contributed by atoms with Crippen LogP contribution in [0.4, 0.5) is 5.69 Å². The molecule has 9 nitrogen and oxygen atoms in total. The van der Waals surface area contributed by atoms with Crippen molar-refractivity contribution >= 4 is 47.6 Å². The van der Waals surface area contributed by atoms with Crippen LogP contribution in [0.1, 0.15) is 19.4 Å². The standard InChI is InChI=1S/C21H25N5O4S/c1-21(2,24-13-23-12-22)18(28)11-19-25-20(29)17(31-19)10-14-3-4-16-15(9-14)26(5-7-27)6-8-30-16/h3-4,9-13,27H,5-8H2,1-2H3,(H,25,29)(H2,22,23,24)/b17-10-,19-11+. The fourth-order valence-electron chi connectivity index (χ4n) is 2.98. The number of H-pyrrole nitrogens is 1. The summed E-state index contributed by atoms with van der Waals surface area (Å²) in [5.41, 5.74) is 5.55. The summed E-state index contributed by atoms with van der Waals surface area (Å²) >= 11 is 1.19. The number of ether oxygens (including phenoxy) is 1. The lowest BCUT2D eigenvalue weighted by Crippen LogP contribution is -2.34. The summed E-state index contributed by atoms with van der Waals surface area (Å²) < 4.78 is 6.58. The number of β-amino-alcohol motifs (C(OH)–C–C–N with tert-alkyl or cyclic N) is 1. The Morgan fingerprint density at radius 1 is 1.45 bits per heavy atom. The molecule has 10 heteroatoms. The second-order valence-electron chi connectivity index (χ2n) is 7.33. The monoisotopic (exact) mass is 443 g/mol. The number of Topliss-reactive ketones (excluding diaryl/α,β-unsaturated/α-hetero) is 1. The first-order valence-corrected chi connectivity index (χ1v) is 10.5. The van der Waals surface area contributed by atoms with Gasteiger partial charge < -0.3 is 25.5 Å². The summed E-state index contributed by atoms with van der Waals surface area (Å²) in [7, 11) is 0. The SMILES string of the molecule is CC(C)(N=CN=CN)C(=O)/C=c1\[nH]c(=O)/c(=C/c2ccc3c(c2)N(CCO)CCO3)s1. The van der Waals surface area contributed by atoms with Crippen LogP contribution in [-0.2, 0) is 4.79 Å². The Hall–Kier alpha value is -3.24. The van der Waals surface area contributed by atoms with Crippen LogP contribution in [0.5, 0.6) is 5.75 Å². The van der Waals surface area contributed by atoms with Gasteiger partial charge in [-0.05, 0) is 37.6 Å². The van der Waals surface area contributed by atoms with Gasteiger partial charge in [-0.3, -0.25) is 14.6 Å². The maximum atomic E-state index is 12.5. The number of benzene rings is 1. The number of aliphatic hydroxyl groups excluding tert-OH is 1. The Morgan fingerprint density at radius 3 is 3.00 bits per heavy atom. The van der Waals surface area contributed by atoms with E-state index >= 15 is 0 Å². The number of fused-ring (bicyclic) bond motifs is 1. The van der Waals surface area contributed by atoms with Crippen LogP contribution in [0.3, 0.4) is 0 Å². The van der Waals surface area contributed by atoms with Crippen LogP contribution in [-0.4, -0.2) is 60.4 Å². The number of nitrogens with two attached hydrogens (primary N) is 1. The molecule has 0 spiro atoms. The minimum Gasteiger partial charge on any atom is -0.490 e. The number of carbonyl (C=O) groups excluding carboxylic acids is 1. The quantitative estimate of drug-likeness (QED) is 0.394. The fourth-order valence-corrected chi connectivity index (χ4v) is 3.87. The first kappa shape index (κ1) is 22.4. The number of anilines is 1. The maximum absolute atomic E-state index is 12.5. The molecule has 0 bridgehead atoms. The van der Waals surface area contributed by atoms with Gasteiger partial charge in [0.1, 0.15) is 24.2 Å². The molecule has 0 saturated heterocycles. The Bertz CT molecular complexity index is 1180. The second kappa shape index (κ2) is 9.71. The summed E-state index contributed by atoms with van der Waals surface area (Å²) in [6.45, 7) is 5.11.